The molecule has 0 aromatic heterocycles. The quantitative estimate of drug-likeness (QED) is 0.640. The number of fused-ring (bicyclic) bond motifs is 2. The van der Waals surface area contributed by atoms with Crippen LogP contribution in [0.15, 0.2) is 0 Å². The van der Waals surface area contributed by atoms with E-state index in [2.05, 4.69) is 5.32 Å². The number of hydrogen-bond acceptors (Lipinski definition) is 2. The van der Waals surface area contributed by atoms with Crippen LogP contribution in [-0.2, 0) is 0 Å². The first-order chi connectivity index (χ1) is 7.36. The second-order valence-corrected chi connectivity index (χ2v) is 5.77. The van der Waals surface area contributed by atoms with E-state index in [1.165, 1.54) is 51.4 Å². The van der Waals surface area contributed by atoms with Crippen LogP contribution in [0.5, 0.6) is 0 Å². The molecule has 2 aliphatic carbocycles. The minimum Gasteiger partial charge on any atom is -0.392 e. The Bertz CT molecular complexity index is 209. The molecule has 0 spiro atoms. The molecule has 1 aliphatic heterocycles. The van der Waals surface area contributed by atoms with Gasteiger partial charge in [0.15, 0.2) is 0 Å². The number of piperidine rings is 1. The van der Waals surface area contributed by atoms with Crippen molar-refractivity contribution in [3.63, 3.8) is 0 Å². The van der Waals surface area contributed by atoms with Crippen LogP contribution in [0.1, 0.15) is 51.4 Å². The molecule has 86 valence electrons. The van der Waals surface area contributed by atoms with Crippen LogP contribution in [0.2, 0.25) is 0 Å². The largest absolute Gasteiger partial charge is 0.392 e. The normalized spacial score (nSPS) is 50.6. The first-order valence-electron chi connectivity index (χ1n) is 6.80. The first kappa shape index (κ1) is 10.1. The van der Waals surface area contributed by atoms with E-state index < -0.39 is 0 Å². The summed E-state index contributed by atoms with van der Waals surface area (Å²) >= 11 is 0. The summed E-state index contributed by atoms with van der Waals surface area (Å²) < 4.78 is 0. The third kappa shape index (κ3) is 1.72. The molecule has 1 saturated heterocycles. The van der Waals surface area contributed by atoms with Crippen molar-refractivity contribution in [2.75, 3.05) is 0 Å². The van der Waals surface area contributed by atoms with Gasteiger partial charge in [0.2, 0.25) is 0 Å². The van der Waals surface area contributed by atoms with Crippen LogP contribution in [0, 0.1) is 11.8 Å². The highest BCUT2D eigenvalue weighted by Gasteiger charge is 2.44. The molecular weight excluding hydrogens is 186 g/mol. The zero-order valence-electron chi connectivity index (χ0n) is 9.49. The molecule has 1 unspecified atom stereocenters. The molecule has 2 N–H and O–H groups in total. The maximum absolute atomic E-state index is 10.5. The van der Waals surface area contributed by atoms with Crippen molar-refractivity contribution in [1.29, 1.82) is 0 Å². The summed E-state index contributed by atoms with van der Waals surface area (Å²) in [6, 6.07) is 1.26. The molecule has 3 rings (SSSR count). The van der Waals surface area contributed by atoms with E-state index in [1.807, 2.05) is 0 Å². The highest BCUT2D eigenvalue weighted by atomic mass is 16.3. The van der Waals surface area contributed by atoms with Crippen LogP contribution >= 0.6 is 0 Å². The Kier molecular flexibility index (Phi) is 2.73. The van der Waals surface area contributed by atoms with Gasteiger partial charge in [-0.05, 0) is 25.7 Å². The molecule has 15 heavy (non-hydrogen) atoms. The van der Waals surface area contributed by atoms with Crippen molar-refractivity contribution in [3.8, 4) is 0 Å². The van der Waals surface area contributed by atoms with Gasteiger partial charge in [-0.3, -0.25) is 0 Å². The van der Waals surface area contributed by atoms with Crippen LogP contribution < -0.4 is 5.32 Å². The molecule has 2 saturated carbocycles. The Morgan fingerprint density at radius 1 is 0.733 bits per heavy atom. The summed E-state index contributed by atoms with van der Waals surface area (Å²) in [5.41, 5.74) is 0. The van der Waals surface area contributed by atoms with Gasteiger partial charge in [0.1, 0.15) is 0 Å². The average Bonchev–Trinajstić information content (AvgIpc) is 2.30. The molecule has 3 aliphatic rings. The maximum atomic E-state index is 10.5. The van der Waals surface area contributed by atoms with Gasteiger partial charge < -0.3 is 10.4 Å². The zero-order chi connectivity index (χ0) is 10.3. The van der Waals surface area contributed by atoms with Crippen LogP contribution in [0.25, 0.3) is 0 Å². The van der Waals surface area contributed by atoms with Crippen molar-refractivity contribution in [2.24, 2.45) is 11.8 Å². The molecule has 0 radical (unpaired) electrons. The number of nitrogens with one attached hydrogen (secondary N) is 1. The van der Waals surface area contributed by atoms with E-state index in [0.29, 0.717) is 23.9 Å². The standard InChI is InChI=1S/C13H23NO/c15-13-9-5-1-3-7-11(9)14-12-8-4-2-6-10(12)13/h9-15H,1-8H2/t9-,10+,11+,12-,13?. The number of aliphatic hydroxyl groups excluding tert-OH is 1. The predicted molar refractivity (Wildman–Crippen MR) is 60.6 cm³/mol. The monoisotopic (exact) mass is 209 g/mol. The molecule has 3 fully saturated rings. The second-order valence-electron chi connectivity index (χ2n) is 5.77. The Hall–Kier alpha value is -0.0800. The second kappa shape index (κ2) is 4.06. The topological polar surface area (TPSA) is 32.3 Å². The van der Waals surface area contributed by atoms with Gasteiger partial charge in [0, 0.05) is 23.9 Å². The van der Waals surface area contributed by atoms with Crippen LogP contribution in [0.3, 0.4) is 0 Å². The lowest BCUT2D eigenvalue weighted by Gasteiger charge is -2.50. The van der Waals surface area contributed by atoms with E-state index >= 15 is 0 Å². The number of aliphatic hydroxyl groups is 1. The van der Waals surface area contributed by atoms with Gasteiger partial charge in [-0.2, -0.15) is 0 Å². The fourth-order valence-corrected chi connectivity index (χ4v) is 4.14. The van der Waals surface area contributed by atoms with Crippen LogP contribution in [-0.4, -0.2) is 23.3 Å². The fourth-order valence-electron chi connectivity index (χ4n) is 4.14. The van der Waals surface area contributed by atoms with Gasteiger partial charge in [0.25, 0.3) is 0 Å². The van der Waals surface area contributed by atoms with Gasteiger partial charge in [-0.25, -0.2) is 0 Å². The summed E-state index contributed by atoms with van der Waals surface area (Å²) in [5.74, 6) is 1.14. The van der Waals surface area contributed by atoms with Gasteiger partial charge in [0.05, 0.1) is 6.10 Å². The minimum absolute atomic E-state index is 0.00171. The molecule has 0 aromatic carbocycles. The summed E-state index contributed by atoms with van der Waals surface area (Å²) in [5, 5.41) is 14.3. The third-order valence-electron chi connectivity index (χ3n) is 4.94. The summed E-state index contributed by atoms with van der Waals surface area (Å²) in [6.45, 7) is 0. The Morgan fingerprint density at radius 2 is 1.20 bits per heavy atom. The molecule has 2 heteroatoms. The maximum Gasteiger partial charge on any atom is 0.0626 e. The van der Waals surface area contributed by atoms with Gasteiger partial charge in [-0.1, -0.05) is 25.7 Å². The molecule has 0 bridgehead atoms. The van der Waals surface area contributed by atoms with E-state index in [-0.39, 0.29) is 6.10 Å². The lowest BCUT2D eigenvalue weighted by molar-refractivity contribution is -0.0478. The zero-order valence-corrected chi connectivity index (χ0v) is 9.49. The summed E-state index contributed by atoms with van der Waals surface area (Å²) in [7, 11) is 0. The summed E-state index contributed by atoms with van der Waals surface area (Å²) in [6.07, 6.45) is 10.5. The van der Waals surface area contributed by atoms with E-state index in [0.717, 1.165) is 0 Å². The average molecular weight is 209 g/mol. The van der Waals surface area contributed by atoms with Crippen molar-refractivity contribution in [1.82, 2.24) is 5.32 Å². The highest BCUT2D eigenvalue weighted by Crippen LogP contribution is 2.40. The van der Waals surface area contributed by atoms with Crippen molar-refractivity contribution in [2.45, 2.75) is 69.6 Å². The van der Waals surface area contributed by atoms with E-state index in [1.54, 1.807) is 0 Å². The third-order valence-corrected chi connectivity index (χ3v) is 4.94. The van der Waals surface area contributed by atoms with Crippen LogP contribution in [0.4, 0.5) is 0 Å². The molecular formula is C13H23NO. The lowest BCUT2D eigenvalue weighted by Crippen LogP contribution is -2.60. The van der Waals surface area contributed by atoms with Crippen molar-refractivity contribution in [3.05, 3.63) is 0 Å². The summed E-state index contributed by atoms with van der Waals surface area (Å²) in [4.78, 5) is 0. The highest BCUT2D eigenvalue weighted by molar-refractivity contribution is 5.00. The number of rotatable bonds is 0. The van der Waals surface area contributed by atoms with Crippen molar-refractivity contribution < 1.29 is 5.11 Å². The molecule has 1 heterocycles. The Morgan fingerprint density at radius 3 is 1.73 bits per heavy atom. The minimum atomic E-state index is 0.00171. The Labute approximate surface area is 92.4 Å². The fraction of sp³-hybridized carbons (Fsp3) is 1.00. The molecule has 2 nitrogen and oxygen atoms in total. The predicted octanol–water partition coefficient (Wildman–Crippen LogP) is 2.07. The lowest BCUT2D eigenvalue weighted by atomic mass is 9.67. The smallest absolute Gasteiger partial charge is 0.0626 e. The van der Waals surface area contributed by atoms with E-state index in [9.17, 15) is 5.11 Å². The molecule has 0 amide bonds. The molecule has 0 aromatic rings. The molecule has 5 atom stereocenters. The SMILES string of the molecule is OC1[C@H]2CCCC[C@H]2N[C@H]2CCCC[C@@H]12. The first-order valence-corrected chi connectivity index (χ1v) is 6.80. The van der Waals surface area contributed by atoms with Gasteiger partial charge >= 0.3 is 0 Å². The van der Waals surface area contributed by atoms with E-state index in [4.69, 9.17) is 0 Å². The van der Waals surface area contributed by atoms with Crippen molar-refractivity contribution >= 4 is 0 Å². The number of hydrogen-bond donors (Lipinski definition) is 2. The van der Waals surface area contributed by atoms with Gasteiger partial charge in [-0.15, -0.1) is 0 Å². The Balaban J connectivity index is 1.76.